The molecule has 158 valence electrons. The van der Waals surface area contributed by atoms with E-state index in [0.717, 1.165) is 18.4 Å². The number of hydrogen-bond acceptors (Lipinski definition) is 4. The minimum Gasteiger partial charge on any atom is -0.224 e. The van der Waals surface area contributed by atoms with E-state index in [4.69, 9.17) is 0 Å². The number of fused-ring (bicyclic) bond motifs is 2. The zero-order valence-corrected chi connectivity index (χ0v) is 17.9. The van der Waals surface area contributed by atoms with Crippen LogP contribution in [0.15, 0.2) is 96.1 Å². The van der Waals surface area contributed by atoms with Gasteiger partial charge in [0.05, 0.1) is 20.2 Å². The largest absolute Gasteiger partial charge is 0.417 e. The average Bonchev–Trinajstić information content (AvgIpc) is 2.67. The third-order valence-corrected chi connectivity index (χ3v) is 10.6. The number of hydrogen-bond donors (Lipinski definition) is 1. The Morgan fingerprint density at radius 2 is 1.33 bits per heavy atom. The summed E-state index contributed by atoms with van der Waals surface area (Å²) in [4.78, 5) is 0.337. The van der Waals surface area contributed by atoms with E-state index in [1.807, 2.05) is 0 Å². The Morgan fingerprint density at radius 3 is 1.80 bits per heavy atom. The molecule has 0 spiro atoms. The van der Waals surface area contributed by atoms with Crippen LogP contribution in [0.5, 0.6) is 0 Å². The first kappa shape index (κ1) is 21.0. The lowest BCUT2D eigenvalue weighted by Gasteiger charge is -2.32. The molecule has 0 atom stereocenters. The van der Waals surface area contributed by atoms with Crippen LogP contribution in [0.4, 0.5) is 13.2 Å². The summed E-state index contributed by atoms with van der Waals surface area (Å²) in [6, 6.07) is 15.5. The number of alkyl halides is 3. The summed E-state index contributed by atoms with van der Waals surface area (Å²) in [5.41, 5.74) is -1.26. The fraction of sp³-hybridized carbons (Fsp3) is 0.100. The first-order valence-corrected chi connectivity index (χ1v) is 13.3. The molecule has 1 heterocycles. The predicted molar refractivity (Wildman–Crippen MR) is 107 cm³/mol. The SMILES string of the molecule is CS(=O)(=O)c1ccc([SH]2c3ccccc3S(=O)(=O)c3ccccc32)cc1C(F)(F)F. The van der Waals surface area contributed by atoms with Gasteiger partial charge in [-0.1, -0.05) is 24.3 Å². The van der Waals surface area contributed by atoms with E-state index in [1.54, 1.807) is 36.4 Å². The maximum Gasteiger partial charge on any atom is 0.417 e. The van der Waals surface area contributed by atoms with Crippen molar-refractivity contribution in [2.24, 2.45) is 0 Å². The number of benzene rings is 3. The van der Waals surface area contributed by atoms with Gasteiger partial charge in [0, 0.05) is 16.0 Å². The van der Waals surface area contributed by atoms with Gasteiger partial charge in [-0.05, 0) is 47.4 Å². The molecule has 0 radical (unpaired) electrons. The minimum absolute atomic E-state index is 0.0514. The van der Waals surface area contributed by atoms with Gasteiger partial charge in [-0.2, -0.15) is 24.1 Å². The Morgan fingerprint density at radius 1 is 0.833 bits per heavy atom. The number of rotatable bonds is 2. The molecule has 0 unspecified atom stereocenters. The molecule has 0 aliphatic carbocycles. The van der Waals surface area contributed by atoms with Crippen molar-refractivity contribution in [3.05, 3.63) is 72.3 Å². The summed E-state index contributed by atoms with van der Waals surface area (Å²) < 4.78 is 90.9. The molecule has 0 fully saturated rings. The second kappa shape index (κ2) is 6.86. The van der Waals surface area contributed by atoms with Crippen LogP contribution in [0.2, 0.25) is 0 Å². The van der Waals surface area contributed by atoms with E-state index in [1.165, 1.54) is 18.2 Å². The van der Waals surface area contributed by atoms with E-state index in [2.05, 4.69) is 0 Å². The van der Waals surface area contributed by atoms with Gasteiger partial charge in [0.2, 0.25) is 9.84 Å². The van der Waals surface area contributed by atoms with Crippen molar-refractivity contribution < 1.29 is 30.0 Å². The summed E-state index contributed by atoms with van der Waals surface area (Å²) in [7, 11) is -9.57. The molecule has 0 bridgehead atoms. The molecule has 1 aliphatic rings. The molecule has 0 amide bonds. The van der Waals surface area contributed by atoms with Gasteiger partial charge < -0.3 is 0 Å². The van der Waals surface area contributed by atoms with Crippen LogP contribution in [0.1, 0.15) is 5.56 Å². The highest BCUT2D eigenvalue weighted by atomic mass is 32.2. The first-order chi connectivity index (χ1) is 13.9. The van der Waals surface area contributed by atoms with E-state index in [9.17, 15) is 30.0 Å². The summed E-state index contributed by atoms with van der Waals surface area (Å²) in [6.45, 7) is 0. The lowest BCUT2D eigenvalue weighted by atomic mass is 10.2. The molecular weight excluding hydrogens is 457 g/mol. The topological polar surface area (TPSA) is 68.3 Å². The summed E-state index contributed by atoms with van der Waals surface area (Å²) in [5, 5.41) is 0. The Bertz CT molecular complexity index is 1320. The van der Waals surface area contributed by atoms with Crippen molar-refractivity contribution in [3.63, 3.8) is 0 Å². The minimum atomic E-state index is -4.88. The number of thiol groups is 1. The highest BCUT2D eigenvalue weighted by molar-refractivity contribution is 8.18. The molecule has 4 rings (SSSR count). The number of halogens is 3. The predicted octanol–water partition coefficient (Wildman–Crippen LogP) is 4.73. The fourth-order valence-corrected chi connectivity index (χ4v) is 9.42. The summed E-state index contributed by atoms with van der Waals surface area (Å²) >= 11 is 0. The van der Waals surface area contributed by atoms with Gasteiger partial charge in [0.25, 0.3) is 0 Å². The van der Waals surface area contributed by atoms with Gasteiger partial charge in [0.1, 0.15) is 0 Å². The van der Waals surface area contributed by atoms with Crippen molar-refractivity contribution in [3.8, 4) is 0 Å². The molecule has 30 heavy (non-hydrogen) atoms. The average molecular weight is 473 g/mol. The van der Waals surface area contributed by atoms with Gasteiger partial charge in [0.15, 0.2) is 9.84 Å². The lowest BCUT2D eigenvalue weighted by Crippen LogP contribution is -2.15. The molecule has 3 aromatic carbocycles. The highest BCUT2D eigenvalue weighted by Crippen LogP contribution is 2.59. The van der Waals surface area contributed by atoms with Crippen molar-refractivity contribution in [2.45, 2.75) is 35.5 Å². The van der Waals surface area contributed by atoms with Crippen LogP contribution in [0, 0.1) is 0 Å². The maximum atomic E-state index is 13.7. The fourth-order valence-electron chi connectivity index (χ4n) is 3.47. The van der Waals surface area contributed by atoms with Crippen LogP contribution in [-0.2, 0) is 25.9 Å². The van der Waals surface area contributed by atoms with Gasteiger partial charge in [-0.25, -0.2) is 16.8 Å². The third-order valence-electron chi connectivity index (χ3n) is 4.72. The van der Waals surface area contributed by atoms with E-state index >= 15 is 0 Å². The molecule has 0 aromatic heterocycles. The van der Waals surface area contributed by atoms with Crippen LogP contribution in [0.3, 0.4) is 0 Å². The Balaban J connectivity index is 2.05. The van der Waals surface area contributed by atoms with Crippen molar-refractivity contribution in [1.82, 2.24) is 0 Å². The molecule has 10 heteroatoms. The zero-order chi connectivity index (χ0) is 21.9. The van der Waals surface area contributed by atoms with Crippen LogP contribution in [-0.4, -0.2) is 23.1 Å². The Labute approximate surface area is 174 Å². The highest BCUT2D eigenvalue weighted by Gasteiger charge is 2.39. The molecule has 0 saturated heterocycles. The molecular formula is C20H15F3O4S3. The standard InChI is InChI=1S/C20H15F3O4S3/c1-29(24,25)17-11-10-13(12-14(17)20(21,22)23)28-15-6-2-4-8-18(15)30(26,27)19-9-5-3-7-16(19)28/h2-12,28H,1H3. The van der Waals surface area contributed by atoms with Crippen LogP contribution < -0.4 is 0 Å². The van der Waals surface area contributed by atoms with Gasteiger partial charge in [-0.3, -0.25) is 0 Å². The van der Waals surface area contributed by atoms with Crippen molar-refractivity contribution in [2.75, 3.05) is 6.26 Å². The first-order valence-electron chi connectivity index (χ1n) is 8.57. The summed E-state index contributed by atoms with van der Waals surface area (Å²) in [6.07, 6.45) is -4.16. The third kappa shape index (κ3) is 3.32. The maximum absolute atomic E-state index is 13.7. The molecule has 1 aliphatic heterocycles. The van der Waals surface area contributed by atoms with E-state index in [-0.39, 0.29) is 14.7 Å². The van der Waals surface area contributed by atoms with Gasteiger partial charge in [-0.15, -0.1) is 0 Å². The molecule has 0 N–H and O–H groups in total. The van der Waals surface area contributed by atoms with Crippen molar-refractivity contribution in [1.29, 1.82) is 0 Å². The lowest BCUT2D eigenvalue weighted by molar-refractivity contribution is -0.140. The Kier molecular flexibility index (Phi) is 4.79. The van der Waals surface area contributed by atoms with Crippen LogP contribution in [0.25, 0.3) is 0 Å². The molecule has 0 saturated carbocycles. The second-order valence-electron chi connectivity index (χ2n) is 6.72. The van der Waals surface area contributed by atoms with E-state index < -0.39 is 47.2 Å². The Hall–Kier alpha value is -2.30. The number of sulfone groups is 2. The van der Waals surface area contributed by atoms with E-state index in [0.29, 0.717) is 9.79 Å². The van der Waals surface area contributed by atoms with Gasteiger partial charge >= 0.3 is 6.18 Å². The smallest absolute Gasteiger partial charge is 0.224 e. The molecule has 3 aromatic rings. The second-order valence-corrected chi connectivity index (χ2v) is 12.7. The normalized spacial score (nSPS) is 16.6. The monoisotopic (exact) mass is 472 g/mol. The van der Waals surface area contributed by atoms with Crippen LogP contribution >= 0.6 is 10.9 Å². The zero-order valence-electron chi connectivity index (χ0n) is 15.4. The van der Waals surface area contributed by atoms with Crippen molar-refractivity contribution >= 4 is 30.6 Å². The quantitative estimate of drug-likeness (QED) is 0.428. The molecule has 4 nitrogen and oxygen atoms in total. The summed E-state index contributed by atoms with van der Waals surface area (Å²) in [5.74, 6) is 0.